The van der Waals surface area contributed by atoms with Crippen LogP contribution in [0.15, 0.2) is 0 Å². The molecule has 0 radical (unpaired) electrons. The first-order valence-electron chi connectivity index (χ1n) is 6.64. The fourth-order valence-electron chi connectivity index (χ4n) is 2.37. The summed E-state index contributed by atoms with van der Waals surface area (Å²) in [5.41, 5.74) is -0.0127. The van der Waals surface area contributed by atoms with Gasteiger partial charge in [-0.3, -0.25) is 4.90 Å². The monoisotopic (exact) mass is 245 g/mol. The molecule has 1 heterocycles. The summed E-state index contributed by atoms with van der Waals surface area (Å²) in [7, 11) is 1.80. The summed E-state index contributed by atoms with van der Waals surface area (Å²) in [6.45, 7) is 10.5. The first-order valence-corrected chi connectivity index (χ1v) is 6.64. The molecule has 0 aliphatic carbocycles. The second-order valence-electron chi connectivity index (χ2n) is 4.83. The molecule has 0 aromatic heterocycles. The molecule has 4 nitrogen and oxygen atoms in total. The molecule has 1 rings (SSSR count). The van der Waals surface area contributed by atoms with E-state index >= 15 is 0 Å². The summed E-state index contributed by atoms with van der Waals surface area (Å²) in [6.07, 6.45) is 2.20. The van der Waals surface area contributed by atoms with Gasteiger partial charge in [0.15, 0.2) is 6.29 Å². The fourth-order valence-corrected chi connectivity index (χ4v) is 2.37. The minimum absolute atomic E-state index is 0.0127. The van der Waals surface area contributed by atoms with Crippen molar-refractivity contribution in [3.8, 4) is 0 Å². The highest BCUT2D eigenvalue weighted by Crippen LogP contribution is 2.24. The van der Waals surface area contributed by atoms with Gasteiger partial charge in [0.25, 0.3) is 0 Å². The zero-order valence-corrected chi connectivity index (χ0v) is 11.7. The van der Waals surface area contributed by atoms with E-state index in [-0.39, 0.29) is 11.9 Å². The van der Waals surface area contributed by atoms with Crippen LogP contribution in [0.4, 0.5) is 0 Å². The van der Waals surface area contributed by atoms with Crippen LogP contribution in [0.5, 0.6) is 0 Å². The molecule has 0 amide bonds. The molecule has 4 heteroatoms. The van der Waals surface area contributed by atoms with E-state index in [1.807, 2.05) is 13.8 Å². The fraction of sp³-hybridized carbons (Fsp3) is 1.00. The van der Waals surface area contributed by atoms with Crippen LogP contribution >= 0.6 is 0 Å². The van der Waals surface area contributed by atoms with E-state index in [9.17, 15) is 0 Å². The van der Waals surface area contributed by atoms with Gasteiger partial charge in [-0.2, -0.15) is 0 Å². The van der Waals surface area contributed by atoms with Crippen LogP contribution in [0, 0.1) is 0 Å². The van der Waals surface area contributed by atoms with Crippen molar-refractivity contribution in [1.29, 1.82) is 0 Å². The minimum atomic E-state index is -0.107. The Morgan fingerprint density at radius 3 is 2.41 bits per heavy atom. The lowest BCUT2D eigenvalue weighted by atomic mass is 9.95. The summed E-state index contributed by atoms with van der Waals surface area (Å²) in [5.74, 6) is 0. The minimum Gasteiger partial charge on any atom is -0.377 e. The second kappa shape index (κ2) is 7.31. The quantitative estimate of drug-likeness (QED) is 0.641. The van der Waals surface area contributed by atoms with Crippen molar-refractivity contribution >= 4 is 0 Å². The van der Waals surface area contributed by atoms with E-state index in [1.54, 1.807) is 7.11 Å². The van der Waals surface area contributed by atoms with Gasteiger partial charge in [-0.25, -0.2) is 0 Å². The van der Waals surface area contributed by atoms with E-state index < -0.39 is 0 Å². The Kier molecular flexibility index (Phi) is 6.41. The topological polar surface area (TPSA) is 30.9 Å². The van der Waals surface area contributed by atoms with Crippen molar-refractivity contribution in [2.24, 2.45) is 0 Å². The Hall–Kier alpha value is -0.160. The van der Waals surface area contributed by atoms with Gasteiger partial charge in [0, 0.05) is 33.4 Å². The lowest BCUT2D eigenvalue weighted by Crippen LogP contribution is -2.50. The van der Waals surface area contributed by atoms with Crippen LogP contribution in [0.2, 0.25) is 0 Å². The van der Waals surface area contributed by atoms with Gasteiger partial charge in [-0.05, 0) is 40.2 Å². The van der Waals surface area contributed by atoms with Crippen LogP contribution in [0.25, 0.3) is 0 Å². The maximum Gasteiger partial charge on any atom is 0.170 e. The normalized spacial score (nSPS) is 26.6. The van der Waals surface area contributed by atoms with Gasteiger partial charge in [0.1, 0.15) is 0 Å². The molecule has 0 aromatic rings. The molecule has 1 fully saturated rings. The standard InChI is InChI=1S/C13H27NO3/c1-5-16-12(17-6-2)10-14-9-7-8-13(3,11-14)15-4/h12H,5-11H2,1-4H3. The third kappa shape index (κ3) is 4.92. The molecular weight excluding hydrogens is 218 g/mol. The molecule has 0 saturated carbocycles. The van der Waals surface area contributed by atoms with E-state index in [1.165, 1.54) is 6.42 Å². The van der Waals surface area contributed by atoms with Gasteiger partial charge in [0.05, 0.1) is 5.60 Å². The lowest BCUT2D eigenvalue weighted by molar-refractivity contribution is -0.156. The Morgan fingerprint density at radius 1 is 1.24 bits per heavy atom. The van der Waals surface area contributed by atoms with Gasteiger partial charge in [0.2, 0.25) is 0 Å². The Labute approximate surface area is 105 Å². The molecule has 0 spiro atoms. The number of nitrogens with zero attached hydrogens (tertiary/aromatic N) is 1. The number of likely N-dealkylation sites (tertiary alicyclic amines) is 1. The van der Waals surface area contributed by atoms with E-state index in [4.69, 9.17) is 14.2 Å². The molecule has 0 N–H and O–H groups in total. The van der Waals surface area contributed by atoms with Crippen LogP contribution in [0.1, 0.15) is 33.6 Å². The summed E-state index contributed by atoms with van der Waals surface area (Å²) in [6, 6.07) is 0. The van der Waals surface area contributed by atoms with Crippen molar-refractivity contribution in [2.45, 2.75) is 45.5 Å². The summed E-state index contributed by atoms with van der Waals surface area (Å²) >= 11 is 0. The third-order valence-corrected chi connectivity index (χ3v) is 3.34. The van der Waals surface area contributed by atoms with Crippen molar-refractivity contribution < 1.29 is 14.2 Å². The van der Waals surface area contributed by atoms with Gasteiger partial charge in [-0.1, -0.05) is 0 Å². The Bertz CT molecular complexity index is 207. The van der Waals surface area contributed by atoms with Gasteiger partial charge in [-0.15, -0.1) is 0 Å². The van der Waals surface area contributed by atoms with Gasteiger partial charge < -0.3 is 14.2 Å². The number of methoxy groups -OCH3 is 1. The SMILES string of the molecule is CCOC(CN1CCCC(C)(OC)C1)OCC. The maximum atomic E-state index is 5.59. The van der Waals surface area contributed by atoms with E-state index in [0.717, 1.165) is 26.1 Å². The summed E-state index contributed by atoms with van der Waals surface area (Å²) in [4.78, 5) is 2.38. The molecule has 0 aromatic carbocycles. The van der Waals surface area contributed by atoms with E-state index in [2.05, 4.69) is 11.8 Å². The number of hydrogen-bond acceptors (Lipinski definition) is 4. The Balaban J connectivity index is 2.43. The maximum absolute atomic E-state index is 5.59. The molecule has 17 heavy (non-hydrogen) atoms. The van der Waals surface area contributed by atoms with E-state index in [0.29, 0.717) is 13.2 Å². The predicted octanol–water partition coefficient (Wildman–Crippen LogP) is 1.89. The summed E-state index contributed by atoms with van der Waals surface area (Å²) in [5, 5.41) is 0. The molecule has 1 saturated heterocycles. The third-order valence-electron chi connectivity index (χ3n) is 3.34. The molecule has 1 aliphatic heterocycles. The number of piperidine rings is 1. The predicted molar refractivity (Wildman–Crippen MR) is 68.1 cm³/mol. The van der Waals surface area contributed by atoms with Crippen molar-refractivity contribution in [3.63, 3.8) is 0 Å². The molecule has 1 unspecified atom stereocenters. The molecule has 0 bridgehead atoms. The number of hydrogen-bond donors (Lipinski definition) is 0. The zero-order chi connectivity index (χ0) is 12.7. The lowest BCUT2D eigenvalue weighted by Gasteiger charge is -2.40. The van der Waals surface area contributed by atoms with Crippen LogP contribution in [-0.4, -0.2) is 56.7 Å². The first kappa shape index (κ1) is 14.9. The van der Waals surface area contributed by atoms with Crippen LogP contribution in [-0.2, 0) is 14.2 Å². The largest absolute Gasteiger partial charge is 0.377 e. The first-order chi connectivity index (χ1) is 8.13. The highest BCUT2D eigenvalue weighted by Gasteiger charge is 2.31. The number of rotatable bonds is 7. The highest BCUT2D eigenvalue weighted by atomic mass is 16.7. The average Bonchev–Trinajstić information content (AvgIpc) is 2.30. The molecule has 1 atom stereocenters. The van der Waals surface area contributed by atoms with Crippen molar-refractivity contribution in [3.05, 3.63) is 0 Å². The zero-order valence-electron chi connectivity index (χ0n) is 11.7. The van der Waals surface area contributed by atoms with Crippen molar-refractivity contribution in [2.75, 3.05) is 40.0 Å². The number of ether oxygens (including phenoxy) is 3. The molecular formula is C13H27NO3. The second-order valence-corrected chi connectivity index (χ2v) is 4.83. The molecule has 1 aliphatic rings. The average molecular weight is 245 g/mol. The van der Waals surface area contributed by atoms with Gasteiger partial charge >= 0.3 is 0 Å². The smallest absolute Gasteiger partial charge is 0.170 e. The summed E-state index contributed by atoms with van der Waals surface area (Å²) < 4.78 is 16.8. The van der Waals surface area contributed by atoms with Crippen molar-refractivity contribution in [1.82, 2.24) is 4.90 Å². The van der Waals surface area contributed by atoms with Crippen LogP contribution < -0.4 is 0 Å². The highest BCUT2D eigenvalue weighted by molar-refractivity contribution is 4.84. The Morgan fingerprint density at radius 2 is 1.88 bits per heavy atom. The van der Waals surface area contributed by atoms with Crippen LogP contribution in [0.3, 0.4) is 0 Å². The molecule has 102 valence electrons.